The van der Waals surface area contributed by atoms with Gasteiger partial charge in [0.25, 0.3) is 0 Å². The molecule has 1 atom stereocenters. The van der Waals surface area contributed by atoms with Gasteiger partial charge in [-0.15, -0.1) is 0 Å². The quantitative estimate of drug-likeness (QED) is 0.834. The summed E-state index contributed by atoms with van der Waals surface area (Å²) in [6.07, 6.45) is 2.06. The Balaban J connectivity index is 1.73. The standard InChI is InChI=1S/C22H28N2O3/c1-15-7-8-17(12-16(15)2)23-22(25)14-24-11-5-6-20(24)19-13-18(26-3)9-10-21(19)27-4/h7-10,12-13,20H,5-6,11,14H2,1-4H3,(H,23,25)/t20-/m1/s1. The van der Waals surface area contributed by atoms with Crippen LogP contribution >= 0.6 is 0 Å². The van der Waals surface area contributed by atoms with Crippen molar-refractivity contribution in [2.75, 3.05) is 32.6 Å². The zero-order chi connectivity index (χ0) is 19.4. The molecule has 1 saturated heterocycles. The van der Waals surface area contributed by atoms with Crippen LogP contribution in [0, 0.1) is 13.8 Å². The van der Waals surface area contributed by atoms with E-state index >= 15 is 0 Å². The van der Waals surface area contributed by atoms with Gasteiger partial charge >= 0.3 is 0 Å². The minimum Gasteiger partial charge on any atom is -0.497 e. The molecule has 1 heterocycles. The van der Waals surface area contributed by atoms with Crippen LogP contribution in [0.5, 0.6) is 11.5 Å². The lowest BCUT2D eigenvalue weighted by Gasteiger charge is -2.26. The first-order chi connectivity index (χ1) is 13.0. The van der Waals surface area contributed by atoms with Crippen molar-refractivity contribution in [1.29, 1.82) is 0 Å². The van der Waals surface area contributed by atoms with Crippen molar-refractivity contribution in [3.63, 3.8) is 0 Å². The monoisotopic (exact) mass is 368 g/mol. The normalized spacial score (nSPS) is 17.0. The molecule has 1 aliphatic rings. The number of benzene rings is 2. The van der Waals surface area contributed by atoms with Gasteiger partial charge in [0.15, 0.2) is 0 Å². The Bertz CT molecular complexity index is 819. The van der Waals surface area contributed by atoms with E-state index < -0.39 is 0 Å². The summed E-state index contributed by atoms with van der Waals surface area (Å²) in [5.41, 5.74) is 4.32. The van der Waals surface area contributed by atoms with Gasteiger partial charge in [-0.1, -0.05) is 6.07 Å². The highest BCUT2D eigenvalue weighted by Crippen LogP contribution is 2.38. The lowest BCUT2D eigenvalue weighted by molar-refractivity contribution is -0.117. The second-order valence-corrected chi connectivity index (χ2v) is 7.08. The first-order valence-electron chi connectivity index (χ1n) is 9.35. The van der Waals surface area contributed by atoms with E-state index in [2.05, 4.69) is 24.1 Å². The third-order valence-electron chi connectivity index (χ3n) is 5.30. The fraction of sp³-hybridized carbons (Fsp3) is 0.409. The highest BCUT2D eigenvalue weighted by atomic mass is 16.5. The third kappa shape index (κ3) is 4.42. The summed E-state index contributed by atoms with van der Waals surface area (Å²) in [6, 6.07) is 12.0. The predicted molar refractivity (Wildman–Crippen MR) is 108 cm³/mol. The van der Waals surface area contributed by atoms with E-state index in [-0.39, 0.29) is 11.9 Å². The summed E-state index contributed by atoms with van der Waals surface area (Å²) in [6.45, 7) is 5.37. The van der Waals surface area contributed by atoms with Crippen LogP contribution in [0.15, 0.2) is 36.4 Å². The molecule has 5 nitrogen and oxygen atoms in total. The molecule has 2 aromatic carbocycles. The molecule has 0 spiro atoms. The second-order valence-electron chi connectivity index (χ2n) is 7.08. The van der Waals surface area contributed by atoms with E-state index in [1.807, 2.05) is 36.4 Å². The van der Waals surface area contributed by atoms with E-state index in [1.165, 1.54) is 11.1 Å². The maximum absolute atomic E-state index is 12.6. The van der Waals surface area contributed by atoms with Gasteiger partial charge in [-0.3, -0.25) is 9.69 Å². The van der Waals surface area contributed by atoms with Gasteiger partial charge in [0.05, 0.1) is 20.8 Å². The van der Waals surface area contributed by atoms with Gasteiger partial charge in [-0.2, -0.15) is 0 Å². The van der Waals surface area contributed by atoms with Gasteiger partial charge in [-0.05, 0) is 74.7 Å². The SMILES string of the molecule is COc1ccc(OC)c([C@H]2CCCN2CC(=O)Nc2ccc(C)c(C)c2)c1. The summed E-state index contributed by atoms with van der Waals surface area (Å²) in [5.74, 6) is 1.64. The van der Waals surface area contributed by atoms with Gasteiger partial charge in [-0.25, -0.2) is 0 Å². The molecule has 0 radical (unpaired) electrons. The molecule has 2 aromatic rings. The first kappa shape index (κ1) is 19.2. The van der Waals surface area contributed by atoms with Crippen molar-refractivity contribution in [2.45, 2.75) is 32.7 Å². The van der Waals surface area contributed by atoms with E-state index in [0.717, 1.165) is 42.1 Å². The number of nitrogens with zero attached hydrogens (tertiary/aromatic N) is 1. The number of hydrogen-bond donors (Lipinski definition) is 1. The molecule has 0 unspecified atom stereocenters. The number of rotatable bonds is 6. The average molecular weight is 368 g/mol. The number of likely N-dealkylation sites (tertiary alicyclic amines) is 1. The maximum Gasteiger partial charge on any atom is 0.238 e. The van der Waals surface area contributed by atoms with Gasteiger partial charge in [0, 0.05) is 17.3 Å². The van der Waals surface area contributed by atoms with Crippen molar-refractivity contribution in [3.05, 3.63) is 53.1 Å². The lowest BCUT2D eigenvalue weighted by Crippen LogP contribution is -2.33. The van der Waals surface area contributed by atoms with E-state index in [0.29, 0.717) is 6.54 Å². The van der Waals surface area contributed by atoms with E-state index in [9.17, 15) is 4.79 Å². The number of anilines is 1. The number of hydrogen-bond acceptors (Lipinski definition) is 4. The zero-order valence-electron chi connectivity index (χ0n) is 16.5. The molecule has 5 heteroatoms. The molecule has 3 rings (SSSR count). The van der Waals surface area contributed by atoms with Crippen molar-refractivity contribution in [2.24, 2.45) is 0 Å². The van der Waals surface area contributed by atoms with Crippen LogP contribution in [0.1, 0.15) is 35.6 Å². The fourth-order valence-corrected chi connectivity index (χ4v) is 3.67. The third-order valence-corrected chi connectivity index (χ3v) is 5.30. The highest BCUT2D eigenvalue weighted by Gasteiger charge is 2.30. The van der Waals surface area contributed by atoms with Gasteiger partial charge in [0.1, 0.15) is 11.5 Å². The van der Waals surface area contributed by atoms with Crippen LogP contribution in [0.4, 0.5) is 5.69 Å². The van der Waals surface area contributed by atoms with Crippen molar-refractivity contribution in [3.8, 4) is 11.5 Å². The molecular formula is C22H28N2O3. The maximum atomic E-state index is 12.6. The van der Waals surface area contributed by atoms with Crippen LogP contribution in [0.25, 0.3) is 0 Å². The van der Waals surface area contributed by atoms with Crippen LogP contribution in [-0.2, 0) is 4.79 Å². The van der Waals surface area contributed by atoms with Crippen LogP contribution < -0.4 is 14.8 Å². The fourth-order valence-electron chi connectivity index (χ4n) is 3.67. The number of carbonyl (C=O) groups excluding carboxylic acids is 1. The van der Waals surface area contributed by atoms with E-state index in [4.69, 9.17) is 9.47 Å². The summed E-state index contributed by atoms with van der Waals surface area (Å²) in [7, 11) is 3.34. The van der Waals surface area contributed by atoms with Crippen molar-refractivity contribution in [1.82, 2.24) is 4.90 Å². The lowest BCUT2D eigenvalue weighted by atomic mass is 10.0. The molecular weight excluding hydrogens is 340 g/mol. The largest absolute Gasteiger partial charge is 0.497 e. The Labute approximate surface area is 161 Å². The van der Waals surface area contributed by atoms with Crippen LogP contribution in [0.2, 0.25) is 0 Å². The minimum atomic E-state index is 0.00650. The molecule has 144 valence electrons. The summed E-state index contributed by atoms with van der Waals surface area (Å²) in [5, 5.41) is 3.02. The molecule has 0 aromatic heterocycles. The number of nitrogens with one attached hydrogen (secondary N) is 1. The Morgan fingerprint density at radius 3 is 2.63 bits per heavy atom. The second kappa shape index (κ2) is 8.44. The summed E-state index contributed by atoms with van der Waals surface area (Å²) in [4.78, 5) is 14.8. The van der Waals surface area contributed by atoms with Gasteiger partial charge < -0.3 is 14.8 Å². The molecule has 0 saturated carbocycles. The zero-order valence-corrected chi connectivity index (χ0v) is 16.5. The Morgan fingerprint density at radius 1 is 1.11 bits per heavy atom. The highest BCUT2D eigenvalue weighted by molar-refractivity contribution is 5.92. The number of ether oxygens (including phenoxy) is 2. The molecule has 0 bridgehead atoms. The van der Waals surface area contributed by atoms with Crippen molar-refractivity contribution < 1.29 is 14.3 Å². The van der Waals surface area contributed by atoms with Crippen LogP contribution in [-0.4, -0.2) is 38.1 Å². The van der Waals surface area contributed by atoms with Crippen molar-refractivity contribution >= 4 is 11.6 Å². The molecule has 1 fully saturated rings. The number of carbonyl (C=O) groups is 1. The van der Waals surface area contributed by atoms with E-state index in [1.54, 1.807) is 14.2 Å². The molecule has 1 aliphatic heterocycles. The average Bonchev–Trinajstić information content (AvgIpc) is 3.11. The van der Waals surface area contributed by atoms with Crippen LogP contribution in [0.3, 0.4) is 0 Å². The molecule has 1 amide bonds. The Kier molecular flexibility index (Phi) is 6.01. The predicted octanol–water partition coefficient (Wildman–Crippen LogP) is 4.10. The Hall–Kier alpha value is -2.53. The number of aryl methyl sites for hydroxylation is 2. The molecule has 0 aliphatic carbocycles. The molecule has 1 N–H and O–H groups in total. The Morgan fingerprint density at radius 2 is 1.93 bits per heavy atom. The van der Waals surface area contributed by atoms with Gasteiger partial charge in [0.2, 0.25) is 5.91 Å². The minimum absolute atomic E-state index is 0.00650. The summed E-state index contributed by atoms with van der Waals surface area (Å²) >= 11 is 0. The number of amides is 1. The molecule has 27 heavy (non-hydrogen) atoms. The number of methoxy groups -OCH3 is 2. The summed E-state index contributed by atoms with van der Waals surface area (Å²) < 4.78 is 10.9. The first-order valence-corrected chi connectivity index (χ1v) is 9.35. The topological polar surface area (TPSA) is 50.8 Å². The smallest absolute Gasteiger partial charge is 0.238 e.